The van der Waals surface area contributed by atoms with E-state index in [1.54, 1.807) is 18.6 Å². The quantitative estimate of drug-likeness (QED) is 0.742. The molecule has 1 fully saturated rings. The predicted molar refractivity (Wildman–Crippen MR) is 48.5 cm³/mol. The second kappa shape index (κ2) is 2.95. The van der Waals surface area contributed by atoms with Crippen LogP contribution in [0.5, 0.6) is 0 Å². The van der Waals surface area contributed by atoms with Gasteiger partial charge in [-0.25, -0.2) is 0 Å². The van der Waals surface area contributed by atoms with E-state index < -0.39 is 0 Å². The van der Waals surface area contributed by atoms with Gasteiger partial charge in [-0.05, 0) is 12.5 Å². The molecule has 0 saturated heterocycles. The number of nitrogens with zero attached hydrogens (tertiary/aromatic N) is 3. The summed E-state index contributed by atoms with van der Waals surface area (Å²) >= 11 is 0. The molecule has 2 aromatic rings. The zero-order valence-electron chi connectivity index (χ0n) is 7.75. The first-order valence-corrected chi connectivity index (χ1v) is 4.64. The van der Waals surface area contributed by atoms with Crippen molar-refractivity contribution in [3.8, 4) is 17.5 Å². The first-order valence-electron chi connectivity index (χ1n) is 4.64. The van der Waals surface area contributed by atoms with E-state index in [9.17, 15) is 0 Å². The molecule has 0 N–H and O–H groups in total. The smallest absolute Gasteiger partial charge is 0.231 e. The minimum absolute atomic E-state index is 0.0441. The zero-order chi connectivity index (χ0) is 10.3. The Hall–Kier alpha value is -2.09. The minimum atomic E-state index is 0.0441. The van der Waals surface area contributed by atoms with Gasteiger partial charge in [0.15, 0.2) is 0 Å². The lowest BCUT2D eigenvalue weighted by molar-refractivity contribution is 0.378. The average Bonchev–Trinajstić information content (AvgIpc) is 2.73. The van der Waals surface area contributed by atoms with E-state index >= 15 is 0 Å². The van der Waals surface area contributed by atoms with Crippen molar-refractivity contribution in [3.63, 3.8) is 0 Å². The molecular formula is C10H7N3O2. The Bertz CT molecular complexity index is 509. The number of aromatic nitrogens is 2. The van der Waals surface area contributed by atoms with E-state index in [4.69, 9.17) is 14.2 Å². The summed E-state index contributed by atoms with van der Waals surface area (Å²) < 4.78 is 10.0. The third kappa shape index (κ3) is 1.31. The van der Waals surface area contributed by atoms with Crippen molar-refractivity contribution in [2.45, 2.75) is 12.3 Å². The molecule has 1 aliphatic carbocycles. The summed E-state index contributed by atoms with van der Waals surface area (Å²) in [4.78, 5) is 4.22. The van der Waals surface area contributed by atoms with Crippen LogP contribution in [0.2, 0.25) is 0 Å². The molecule has 0 bridgehead atoms. The van der Waals surface area contributed by atoms with Crippen molar-refractivity contribution in [2.75, 3.05) is 0 Å². The highest BCUT2D eigenvalue weighted by atomic mass is 16.5. The third-order valence-corrected chi connectivity index (χ3v) is 2.49. The number of furan rings is 1. The highest BCUT2D eigenvalue weighted by Crippen LogP contribution is 2.46. The van der Waals surface area contributed by atoms with Crippen LogP contribution in [0, 0.1) is 17.2 Å². The molecule has 1 aliphatic rings. The van der Waals surface area contributed by atoms with Crippen LogP contribution in [0.25, 0.3) is 11.4 Å². The molecule has 0 spiro atoms. The van der Waals surface area contributed by atoms with Gasteiger partial charge < -0.3 is 8.94 Å². The molecule has 5 nitrogen and oxygen atoms in total. The lowest BCUT2D eigenvalue weighted by Crippen LogP contribution is -1.81. The van der Waals surface area contributed by atoms with Crippen LogP contribution in [0.4, 0.5) is 0 Å². The van der Waals surface area contributed by atoms with Gasteiger partial charge in [0.25, 0.3) is 0 Å². The third-order valence-electron chi connectivity index (χ3n) is 2.49. The maximum absolute atomic E-state index is 8.67. The highest BCUT2D eigenvalue weighted by molar-refractivity contribution is 5.51. The van der Waals surface area contributed by atoms with Gasteiger partial charge in [0, 0.05) is 0 Å². The normalized spacial score (nSPS) is 23.7. The van der Waals surface area contributed by atoms with Crippen molar-refractivity contribution in [2.24, 2.45) is 5.92 Å². The molecule has 2 atom stereocenters. The largest absolute Gasteiger partial charge is 0.472 e. The van der Waals surface area contributed by atoms with Gasteiger partial charge in [0.05, 0.1) is 29.7 Å². The van der Waals surface area contributed by atoms with Crippen LogP contribution < -0.4 is 0 Å². The van der Waals surface area contributed by atoms with E-state index in [0.717, 1.165) is 12.0 Å². The van der Waals surface area contributed by atoms with E-state index in [1.165, 1.54) is 0 Å². The van der Waals surface area contributed by atoms with Crippen molar-refractivity contribution in [1.82, 2.24) is 10.1 Å². The number of nitriles is 1. The number of rotatable bonds is 2. The monoisotopic (exact) mass is 201 g/mol. The van der Waals surface area contributed by atoms with Crippen LogP contribution in [0.1, 0.15) is 18.2 Å². The second-order valence-electron chi connectivity index (χ2n) is 3.55. The molecule has 1 saturated carbocycles. The first-order chi connectivity index (χ1) is 7.38. The van der Waals surface area contributed by atoms with Gasteiger partial charge in [-0.3, -0.25) is 0 Å². The lowest BCUT2D eigenvalue weighted by atomic mass is 10.3. The molecule has 0 aromatic carbocycles. The van der Waals surface area contributed by atoms with Gasteiger partial charge in [0.1, 0.15) is 6.26 Å². The summed E-state index contributed by atoms with van der Waals surface area (Å²) in [5, 5.41) is 12.5. The maximum atomic E-state index is 8.67. The minimum Gasteiger partial charge on any atom is -0.472 e. The molecule has 2 unspecified atom stereocenters. The molecule has 5 heteroatoms. The van der Waals surface area contributed by atoms with Gasteiger partial charge in [0.2, 0.25) is 11.7 Å². The summed E-state index contributed by atoms with van der Waals surface area (Å²) in [7, 11) is 0. The second-order valence-corrected chi connectivity index (χ2v) is 3.55. The predicted octanol–water partition coefficient (Wildman–Crippen LogP) is 1.96. The van der Waals surface area contributed by atoms with Gasteiger partial charge in [-0.1, -0.05) is 5.16 Å². The standard InChI is InChI=1S/C10H7N3O2/c11-4-7-3-8(7)10-12-9(13-15-10)6-1-2-14-5-6/h1-2,5,7-8H,3H2. The van der Waals surface area contributed by atoms with Gasteiger partial charge >= 0.3 is 0 Å². The first kappa shape index (κ1) is 8.24. The molecule has 74 valence electrons. The summed E-state index contributed by atoms with van der Waals surface area (Å²) in [6.45, 7) is 0. The SMILES string of the molecule is N#CC1CC1c1nc(-c2ccoc2)no1. The lowest BCUT2D eigenvalue weighted by Gasteiger charge is -1.83. The topological polar surface area (TPSA) is 75.8 Å². The Balaban J connectivity index is 1.87. The Labute approximate surface area is 85.3 Å². The van der Waals surface area contributed by atoms with E-state index in [-0.39, 0.29) is 11.8 Å². The van der Waals surface area contributed by atoms with Gasteiger partial charge in [-0.15, -0.1) is 0 Å². The molecule has 3 rings (SSSR count). The molecule has 2 heterocycles. The Morgan fingerprint density at radius 3 is 3.13 bits per heavy atom. The molecule has 2 aromatic heterocycles. The van der Waals surface area contributed by atoms with Crippen molar-refractivity contribution >= 4 is 0 Å². The highest BCUT2D eigenvalue weighted by Gasteiger charge is 2.43. The Morgan fingerprint density at radius 1 is 1.53 bits per heavy atom. The van der Waals surface area contributed by atoms with Crippen LogP contribution >= 0.6 is 0 Å². The fourth-order valence-corrected chi connectivity index (χ4v) is 1.51. The summed E-state index contributed by atoms with van der Waals surface area (Å²) in [6, 6.07) is 3.95. The zero-order valence-corrected chi connectivity index (χ0v) is 7.75. The fourth-order valence-electron chi connectivity index (χ4n) is 1.51. The number of hydrogen-bond donors (Lipinski definition) is 0. The van der Waals surface area contributed by atoms with Crippen LogP contribution in [0.3, 0.4) is 0 Å². The summed E-state index contributed by atoms with van der Waals surface area (Å²) in [5.74, 6) is 1.24. The molecule has 0 radical (unpaired) electrons. The molecule has 15 heavy (non-hydrogen) atoms. The summed E-state index contributed by atoms with van der Waals surface area (Å²) in [5.41, 5.74) is 0.791. The Morgan fingerprint density at radius 2 is 2.47 bits per heavy atom. The van der Waals surface area contributed by atoms with Crippen molar-refractivity contribution in [1.29, 1.82) is 5.26 Å². The van der Waals surface area contributed by atoms with Crippen molar-refractivity contribution in [3.05, 3.63) is 24.5 Å². The maximum Gasteiger partial charge on any atom is 0.231 e. The van der Waals surface area contributed by atoms with Crippen molar-refractivity contribution < 1.29 is 8.94 Å². The molecular weight excluding hydrogens is 194 g/mol. The molecule has 0 amide bonds. The Kier molecular flexibility index (Phi) is 1.62. The van der Waals surface area contributed by atoms with E-state index in [0.29, 0.717) is 11.7 Å². The fraction of sp³-hybridized carbons (Fsp3) is 0.300. The van der Waals surface area contributed by atoms with Crippen LogP contribution in [-0.4, -0.2) is 10.1 Å². The van der Waals surface area contributed by atoms with Crippen LogP contribution in [0.15, 0.2) is 27.5 Å². The number of hydrogen-bond acceptors (Lipinski definition) is 5. The van der Waals surface area contributed by atoms with Gasteiger partial charge in [-0.2, -0.15) is 10.2 Å². The van der Waals surface area contributed by atoms with E-state index in [1.807, 2.05) is 0 Å². The molecule has 0 aliphatic heterocycles. The summed E-state index contributed by atoms with van der Waals surface area (Å²) in [6.07, 6.45) is 3.94. The van der Waals surface area contributed by atoms with E-state index in [2.05, 4.69) is 16.2 Å². The average molecular weight is 201 g/mol. The van der Waals surface area contributed by atoms with Crippen LogP contribution in [-0.2, 0) is 0 Å².